The summed E-state index contributed by atoms with van der Waals surface area (Å²) in [4.78, 5) is 33.2. The molecule has 2 aromatic carbocycles. The van der Waals surface area contributed by atoms with Crippen LogP contribution >= 0.6 is 12.4 Å². The number of hydrogen-bond donors (Lipinski definition) is 2. The van der Waals surface area contributed by atoms with Gasteiger partial charge in [0, 0.05) is 24.5 Å². The quantitative estimate of drug-likeness (QED) is 0.374. The predicted molar refractivity (Wildman–Crippen MR) is 132 cm³/mol. The fourth-order valence-corrected chi connectivity index (χ4v) is 3.88. The summed E-state index contributed by atoms with van der Waals surface area (Å²) in [5, 5.41) is 5.28. The van der Waals surface area contributed by atoms with Crippen molar-refractivity contribution in [3.05, 3.63) is 89.0 Å². The maximum absolute atomic E-state index is 13.8. The molecule has 0 unspecified atom stereocenters. The van der Waals surface area contributed by atoms with Crippen LogP contribution in [-0.4, -0.2) is 26.3 Å². The molecule has 0 spiro atoms. The van der Waals surface area contributed by atoms with E-state index >= 15 is 0 Å². The molecule has 0 bridgehead atoms. The summed E-state index contributed by atoms with van der Waals surface area (Å²) >= 11 is 0. The molecular formula is C25H23ClF3N5O2. The topological polar surface area (TPSA) is 88.9 Å². The fraction of sp³-hybridized carbons (Fsp3) is 0.200. The number of aryl methyl sites for hydroxylation is 2. The van der Waals surface area contributed by atoms with Gasteiger partial charge in [0.15, 0.2) is 0 Å². The summed E-state index contributed by atoms with van der Waals surface area (Å²) in [5.74, 6) is -2.30. The van der Waals surface area contributed by atoms with Gasteiger partial charge in [-0.15, -0.1) is 12.4 Å². The molecule has 2 N–H and O–H groups in total. The van der Waals surface area contributed by atoms with E-state index in [1.165, 1.54) is 18.2 Å². The zero-order valence-electron chi connectivity index (χ0n) is 19.4. The van der Waals surface area contributed by atoms with Crippen molar-refractivity contribution >= 4 is 40.9 Å². The maximum Gasteiger partial charge on any atom is 0.449 e. The van der Waals surface area contributed by atoms with E-state index in [0.717, 1.165) is 15.7 Å². The highest BCUT2D eigenvalue weighted by Crippen LogP contribution is 2.34. The lowest BCUT2D eigenvalue weighted by atomic mass is 10.0. The van der Waals surface area contributed by atoms with Gasteiger partial charge in [-0.3, -0.25) is 14.6 Å². The molecule has 36 heavy (non-hydrogen) atoms. The van der Waals surface area contributed by atoms with E-state index in [1.807, 2.05) is 6.07 Å². The molecule has 0 saturated carbocycles. The van der Waals surface area contributed by atoms with E-state index in [1.54, 1.807) is 50.5 Å². The summed E-state index contributed by atoms with van der Waals surface area (Å²) in [7, 11) is 0. The van der Waals surface area contributed by atoms with Crippen molar-refractivity contribution in [1.29, 1.82) is 0 Å². The number of pyridine rings is 1. The molecule has 7 nitrogen and oxygen atoms in total. The Morgan fingerprint density at radius 2 is 1.69 bits per heavy atom. The number of anilines is 1. The molecule has 4 aromatic rings. The van der Waals surface area contributed by atoms with Gasteiger partial charge in [-0.1, -0.05) is 30.3 Å². The summed E-state index contributed by atoms with van der Waals surface area (Å²) in [6.07, 6.45) is -1.68. The summed E-state index contributed by atoms with van der Waals surface area (Å²) < 4.78 is 42.3. The van der Waals surface area contributed by atoms with Gasteiger partial charge in [0.1, 0.15) is 12.1 Å². The van der Waals surface area contributed by atoms with Gasteiger partial charge >= 0.3 is 6.18 Å². The van der Waals surface area contributed by atoms with Crippen LogP contribution in [0.4, 0.5) is 18.9 Å². The number of para-hydroxylation sites is 1. The van der Waals surface area contributed by atoms with Crippen LogP contribution < -0.4 is 10.6 Å². The van der Waals surface area contributed by atoms with E-state index in [9.17, 15) is 22.8 Å². The Balaban J connectivity index is 0.00000361. The van der Waals surface area contributed by atoms with Crippen molar-refractivity contribution in [2.45, 2.75) is 33.1 Å². The van der Waals surface area contributed by atoms with Gasteiger partial charge in [-0.2, -0.15) is 13.2 Å². The Labute approximate surface area is 211 Å². The highest BCUT2D eigenvalue weighted by Gasteiger charge is 2.38. The Morgan fingerprint density at radius 3 is 2.33 bits per heavy atom. The first-order chi connectivity index (χ1) is 16.6. The SMILES string of the molecule is Cc1cccc(C)c1C(=O)Nc1cccc2c1nc(C(F)(F)F)n2CC(=O)NCc1cccnc1.Cl. The molecule has 0 atom stereocenters. The van der Waals surface area contributed by atoms with Crippen molar-refractivity contribution < 1.29 is 22.8 Å². The number of aromatic nitrogens is 3. The van der Waals surface area contributed by atoms with Crippen LogP contribution in [-0.2, 0) is 24.1 Å². The van der Waals surface area contributed by atoms with Crippen LogP contribution in [0.15, 0.2) is 60.9 Å². The van der Waals surface area contributed by atoms with Crippen molar-refractivity contribution in [2.24, 2.45) is 0 Å². The zero-order valence-corrected chi connectivity index (χ0v) is 20.2. The van der Waals surface area contributed by atoms with Gasteiger partial charge in [-0.25, -0.2) is 4.98 Å². The zero-order chi connectivity index (χ0) is 25.2. The first kappa shape index (κ1) is 26.7. The Kier molecular flexibility index (Phi) is 7.99. The standard InChI is InChI=1S/C25H22F3N5O2.ClH/c1-15-6-3-7-16(2)21(15)23(35)31-18-9-4-10-19-22(18)32-24(25(26,27)28)33(19)14-20(34)30-13-17-8-5-11-29-12-17;/h3-12H,13-14H2,1-2H3,(H,30,34)(H,31,35);1H. The molecule has 0 aliphatic rings. The molecule has 2 amide bonds. The molecule has 4 rings (SSSR count). The van der Waals surface area contributed by atoms with Crippen LogP contribution in [0, 0.1) is 13.8 Å². The maximum atomic E-state index is 13.8. The normalized spacial score (nSPS) is 11.1. The van der Waals surface area contributed by atoms with Crippen LogP contribution in [0.1, 0.15) is 32.9 Å². The Bertz CT molecular complexity index is 1380. The minimum absolute atomic E-state index is 0. The lowest BCUT2D eigenvalue weighted by molar-refractivity contribution is -0.147. The minimum Gasteiger partial charge on any atom is -0.350 e. The first-order valence-electron chi connectivity index (χ1n) is 10.7. The van der Waals surface area contributed by atoms with Gasteiger partial charge in [0.2, 0.25) is 11.7 Å². The number of nitrogens with one attached hydrogen (secondary N) is 2. The number of benzene rings is 2. The number of alkyl halides is 3. The van der Waals surface area contributed by atoms with Crippen LogP contribution in [0.2, 0.25) is 0 Å². The molecule has 2 heterocycles. The second kappa shape index (κ2) is 10.8. The highest BCUT2D eigenvalue weighted by atomic mass is 35.5. The third-order valence-electron chi connectivity index (χ3n) is 5.50. The Hall–Kier alpha value is -3.92. The number of carbonyl (C=O) groups is 2. The molecule has 0 aliphatic heterocycles. The van der Waals surface area contributed by atoms with E-state index in [0.29, 0.717) is 11.1 Å². The smallest absolute Gasteiger partial charge is 0.350 e. The molecule has 0 radical (unpaired) electrons. The van der Waals surface area contributed by atoms with E-state index in [2.05, 4.69) is 20.6 Å². The highest BCUT2D eigenvalue weighted by molar-refractivity contribution is 6.09. The van der Waals surface area contributed by atoms with Crippen molar-refractivity contribution in [3.63, 3.8) is 0 Å². The molecule has 0 fully saturated rings. The van der Waals surface area contributed by atoms with Crippen LogP contribution in [0.3, 0.4) is 0 Å². The van der Waals surface area contributed by atoms with Crippen LogP contribution in [0.5, 0.6) is 0 Å². The number of halogens is 4. The second-order valence-corrected chi connectivity index (χ2v) is 8.05. The summed E-state index contributed by atoms with van der Waals surface area (Å²) in [6.45, 7) is 3.09. The lowest BCUT2D eigenvalue weighted by Gasteiger charge is -2.12. The number of carbonyl (C=O) groups excluding carboxylic acids is 2. The van der Waals surface area contributed by atoms with Gasteiger partial charge in [0.25, 0.3) is 5.91 Å². The van der Waals surface area contributed by atoms with Crippen molar-refractivity contribution in [1.82, 2.24) is 19.9 Å². The number of amides is 2. The monoisotopic (exact) mass is 517 g/mol. The third-order valence-corrected chi connectivity index (χ3v) is 5.50. The lowest BCUT2D eigenvalue weighted by Crippen LogP contribution is -2.29. The number of fused-ring (bicyclic) bond motifs is 1. The van der Waals surface area contributed by atoms with Gasteiger partial charge < -0.3 is 15.2 Å². The van der Waals surface area contributed by atoms with E-state index < -0.39 is 30.4 Å². The first-order valence-corrected chi connectivity index (χ1v) is 10.7. The van der Waals surface area contributed by atoms with Gasteiger partial charge in [0.05, 0.1) is 11.2 Å². The molecule has 2 aromatic heterocycles. The van der Waals surface area contributed by atoms with Crippen molar-refractivity contribution in [2.75, 3.05) is 5.32 Å². The largest absolute Gasteiger partial charge is 0.449 e. The molecule has 0 saturated heterocycles. The number of imidazole rings is 1. The number of rotatable bonds is 6. The average molecular weight is 518 g/mol. The Morgan fingerprint density at radius 1 is 1.00 bits per heavy atom. The molecule has 0 aliphatic carbocycles. The van der Waals surface area contributed by atoms with Crippen molar-refractivity contribution in [3.8, 4) is 0 Å². The molecular weight excluding hydrogens is 495 g/mol. The van der Waals surface area contributed by atoms with E-state index in [4.69, 9.17) is 0 Å². The number of hydrogen-bond acceptors (Lipinski definition) is 4. The third kappa shape index (κ3) is 5.65. The predicted octanol–water partition coefficient (Wildman–Crippen LogP) is 5.06. The van der Waals surface area contributed by atoms with Crippen LogP contribution in [0.25, 0.3) is 11.0 Å². The minimum atomic E-state index is -4.81. The number of nitrogens with zero attached hydrogens (tertiary/aromatic N) is 3. The molecule has 188 valence electrons. The average Bonchev–Trinajstić information content (AvgIpc) is 3.18. The van der Waals surface area contributed by atoms with Gasteiger partial charge in [-0.05, 0) is 48.7 Å². The second-order valence-electron chi connectivity index (χ2n) is 8.05. The summed E-state index contributed by atoms with van der Waals surface area (Å²) in [6, 6.07) is 13.2. The van der Waals surface area contributed by atoms with E-state index in [-0.39, 0.29) is 35.7 Å². The molecule has 11 heteroatoms. The fourth-order valence-electron chi connectivity index (χ4n) is 3.88. The summed E-state index contributed by atoms with van der Waals surface area (Å²) in [5.41, 5.74) is 2.77.